The van der Waals surface area contributed by atoms with Crippen LogP contribution in [-0.4, -0.2) is 36.3 Å². The quantitative estimate of drug-likeness (QED) is 0.565. The van der Waals surface area contributed by atoms with Gasteiger partial charge >= 0.3 is 19.0 Å². The summed E-state index contributed by atoms with van der Waals surface area (Å²) in [6.45, 7) is 1.29. The van der Waals surface area contributed by atoms with E-state index in [0.717, 1.165) is 12.1 Å². The minimum atomic E-state index is -4.80. The van der Waals surface area contributed by atoms with Crippen molar-refractivity contribution in [3.8, 4) is 11.5 Å². The highest BCUT2D eigenvalue weighted by Crippen LogP contribution is 2.28. The number of ether oxygens (including phenoxy) is 2. The number of carbonyl (C=O) groups excluding carboxylic acids is 1. The lowest BCUT2D eigenvalue weighted by atomic mass is 9.88. The van der Waals surface area contributed by atoms with Gasteiger partial charge < -0.3 is 14.8 Å². The van der Waals surface area contributed by atoms with Gasteiger partial charge in [-0.05, 0) is 60.0 Å². The van der Waals surface area contributed by atoms with Crippen molar-refractivity contribution in [1.82, 2.24) is 5.01 Å². The Kier molecular flexibility index (Phi) is 6.85. The Labute approximate surface area is 180 Å². The van der Waals surface area contributed by atoms with Gasteiger partial charge in [-0.3, -0.25) is 0 Å². The summed E-state index contributed by atoms with van der Waals surface area (Å²) >= 11 is 0. The van der Waals surface area contributed by atoms with Crippen molar-refractivity contribution >= 4 is 17.4 Å². The first-order valence-corrected chi connectivity index (χ1v) is 9.60. The second kappa shape index (κ2) is 9.41. The van der Waals surface area contributed by atoms with Crippen LogP contribution in [0.2, 0.25) is 0 Å². The van der Waals surface area contributed by atoms with Gasteiger partial charge in [0.05, 0.1) is 12.3 Å². The fourth-order valence-corrected chi connectivity index (χ4v) is 3.18. The molecule has 3 rings (SSSR count). The highest BCUT2D eigenvalue weighted by Gasteiger charge is 2.33. The molecule has 0 saturated carbocycles. The van der Waals surface area contributed by atoms with E-state index in [9.17, 15) is 26.7 Å². The highest BCUT2D eigenvalue weighted by atomic mass is 19.4. The minimum Gasteiger partial charge on any atom is -0.435 e. The van der Waals surface area contributed by atoms with Gasteiger partial charge in [0, 0.05) is 11.6 Å². The van der Waals surface area contributed by atoms with Crippen molar-refractivity contribution in [2.45, 2.75) is 26.8 Å². The second-order valence-electron chi connectivity index (χ2n) is 7.32. The second-order valence-corrected chi connectivity index (χ2v) is 7.32. The number of hydrazone groups is 1. The van der Waals surface area contributed by atoms with Crippen LogP contribution in [0.3, 0.4) is 0 Å². The number of rotatable bonds is 6. The van der Waals surface area contributed by atoms with E-state index < -0.39 is 24.8 Å². The molecule has 1 unspecified atom stereocenters. The van der Waals surface area contributed by atoms with Crippen molar-refractivity contribution in [2.75, 3.05) is 11.9 Å². The van der Waals surface area contributed by atoms with Gasteiger partial charge in [0.25, 0.3) is 0 Å². The zero-order valence-corrected chi connectivity index (χ0v) is 17.1. The zero-order chi connectivity index (χ0) is 23.5. The van der Waals surface area contributed by atoms with Crippen LogP contribution >= 0.6 is 0 Å². The molecule has 1 aliphatic rings. The molecule has 1 atom stereocenters. The summed E-state index contributed by atoms with van der Waals surface area (Å²) in [6.07, 6.45) is -4.80. The Morgan fingerprint density at radius 3 is 2.19 bits per heavy atom. The summed E-state index contributed by atoms with van der Waals surface area (Å²) in [5.41, 5.74) is 1.55. The number of urea groups is 1. The first-order valence-electron chi connectivity index (χ1n) is 9.60. The summed E-state index contributed by atoms with van der Waals surface area (Å²) in [7, 11) is 0. The molecule has 172 valence electrons. The third-order valence-electron chi connectivity index (χ3n) is 4.70. The van der Waals surface area contributed by atoms with Gasteiger partial charge in [-0.2, -0.15) is 13.9 Å². The summed E-state index contributed by atoms with van der Waals surface area (Å²) < 4.78 is 69.6. The zero-order valence-electron chi connectivity index (χ0n) is 17.1. The van der Waals surface area contributed by atoms with E-state index in [1.807, 2.05) is 13.8 Å². The van der Waals surface area contributed by atoms with Crippen LogP contribution in [-0.2, 0) is 0 Å². The smallest absolute Gasteiger partial charge is 0.435 e. The van der Waals surface area contributed by atoms with E-state index in [-0.39, 0.29) is 29.8 Å². The normalized spacial score (nSPS) is 16.3. The van der Waals surface area contributed by atoms with Crippen LogP contribution in [0.25, 0.3) is 0 Å². The molecule has 2 aromatic rings. The van der Waals surface area contributed by atoms with Crippen molar-refractivity contribution in [1.29, 1.82) is 0 Å². The SMILES string of the molecule is CC(C)C1CN(C(=O)Nc2ccc(OC(F)(F)F)cc2)N=C1c1ccc(OC(F)F)cc1. The number of benzene rings is 2. The van der Waals surface area contributed by atoms with E-state index in [2.05, 4.69) is 19.9 Å². The Morgan fingerprint density at radius 2 is 1.66 bits per heavy atom. The molecule has 1 N–H and O–H groups in total. The van der Waals surface area contributed by atoms with Crippen molar-refractivity contribution in [2.24, 2.45) is 16.9 Å². The van der Waals surface area contributed by atoms with Gasteiger partial charge in [0.15, 0.2) is 0 Å². The Balaban J connectivity index is 1.72. The molecule has 2 amide bonds. The fourth-order valence-electron chi connectivity index (χ4n) is 3.18. The van der Waals surface area contributed by atoms with Gasteiger partial charge in [-0.25, -0.2) is 9.80 Å². The number of alkyl halides is 5. The predicted molar refractivity (Wildman–Crippen MR) is 107 cm³/mol. The van der Waals surface area contributed by atoms with Crippen LogP contribution in [0.4, 0.5) is 32.4 Å². The standard InChI is InChI=1S/C21H20F5N3O3/c1-12(2)17-11-29(28-18(17)13-3-7-15(8-4-13)31-19(22)23)20(30)27-14-5-9-16(10-6-14)32-21(24,25)26/h3-10,12,17,19H,11H2,1-2H3,(H,27,30). The average molecular weight is 457 g/mol. The van der Waals surface area contributed by atoms with Gasteiger partial charge in [-0.1, -0.05) is 13.8 Å². The van der Waals surface area contributed by atoms with Crippen LogP contribution in [0.15, 0.2) is 53.6 Å². The molecule has 11 heteroatoms. The maximum absolute atomic E-state index is 12.6. The van der Waals surface area contributed by atoms with Gasteiger partial charge in [-0.15, -0.1) is 13.2 Å². The lowest BCUT2D eigenvalue weighted by Gasteiger charge is -2.18. The number of nitrogens with one attached hydrogen (secondary N) is 1. The number of carbonyl (C=O) groups is 1. The molecule has 0 fully saturated rings. The predicted octanol–water partition coefficient (Wildman–Crippen LogP) is 5.71. The number of hydrogen-bond acceptors (Lipinski definition) is 4. The molecule has 0 bridgehead atoms. The lowest BCUT2D eigenvalue weighted by Crippen LogP contribution is -2.32. The van der Waals surface area contributed by atoms with E-state index in [0.29, 0.717) is 11.3 Å². The number of anilines is 1. The summed E-state index contributed by atoms with van der Waals surface area (Å²) in [4.78, 5) is 12.6. The number of amides is 2. The molecule has 32 heavy (non-hydrogen) atoms. The Bertz CT molecular complexity index is 960. The third-order valence-corrected chi connectivity index (χ3v) is 4.70. The Hall–Kier alpha value is -3.37. The minimum absolute atomic E-state index is 0.0102. The topological polar surface area (TPSA) is 63.2 Å². The third kappa shape index (κ3) is 6.08. The van der Waals surface area contributed by atoms with Crippen LogP contribution in [0.1, 0.15) is 19.4 Å². The summed E-state index contributed by atoms with van der Waals surface area (Å²) in [5, 5.41) is 8.19. The summed E-state index contributed by atoms with van der Waals surface area (Å²) in [6, 6.07) is 10.1. The highest BCUT2D eigenvalue weighted by molar-refractivity contribution is 6.05. The van der Waals surface area contributed by atoms with Crippen LogP contribution < -0.4 is 14.8 Å². The van der Waals surface area contributed by atoms with Crippen molar-refractivity contribution in [3.63, 3.8) is 0 Å². The number of halogens is 5. The van der Waals surface area contributed by atoms with Crippen molar-refractivity contribution < 1.29 is 36.2 Å². The van der Waals surface area contributed by atoms with Crippen molar-refractivity contribution in [3.05, 3.63) is 54.1 Å². The van der Waals surface area contributed by atoms with Gasteiger partial charge in [0.2, 0.25) is 0 Å². The molecule has 0 aliphatic carbocycles. The molecule has 1 aliphatic heterocycles. The number of nitrogens with zero attached hydrogens (tertiary/aromatic N) is 2. The van der Waals surface area contributed by atoms with E-state index >= 15 is 0 Å². The fraction of sp³-hybridized carbons (Fsp3) is 0.333. The lowest BCUT2D eigenvalue weighted by molar-refractivity contribution is -0.274. The van der Waals surface area contributed by atoms with E-state index in [1.54, 1.807) is 12.1 Å². The average Bonchev–Trinajstić information content (AvgIpc) is 3.14. The van der Waals surface area contributed by atoms with Gasteiger partial charge in [0.1, 0.15) is 11.5 Å². The Morgan fingerprint density at radius 1 is 1.06 bits per heavy atom. The summed E-state index contributed by atoms with van der Waals surface area (Å²) in [5.74, 6) is -0.375. The molecule has 0 aromatic heterocycles. The number of hydrogen-bond donors (Lipinski definition) is 1. The molecular weight excluding hydrogens is 437 g/mol. The molecule has 6 nitrogen and oxygen atoms in total. The molecule has 1 heterocycles. The van der Waals surface area contributed by atoms with Crippen LogP contribution in [0, 0.1) is 11.8 Å². The largest absolute Gasteiger partial charge is 0.573 e. The van der Waals surface area contributed by atoms with E-state index in [4.69, 9.17) is 0 Å². The molecule has 0 radical (unpaired) electrons. The maximum atomic E-state index is 12.6. The monoisotopic (exact) mass is 457 g/mol. The first-order chi connectivity index (χ1) is 15.0. The molecule has 0 spiro atoms. The molecule has 2 aromatic carbocycles. The maximum Gasteiger partial charge on any atom is 0.573 e. The molecule has 0 saturated heterocycles. The first kappa shape index (κ1) is 23.3. The van der Waals surface area contributed by atoms with E-state index in [1.165, 1.54) is 29.3 Å². The molecular formula is C21H20F5N3O3. The van der Waals surface area contributed by atoms with Crippen LogP contribution in [0.5, 0.6) is 11.5 Å².